The summed E-state index contributed by atoms with van der Waals surface area (Å²) in [5, 5.41) is 0. The van der Waals surface area contributed by atoms with Gasteiger partial charge in [0.2, 0.25) is 9.84 Å². The molecule has 5 heteroatoms. The number of hydrogen-bond donors (Lipinski definition) is 0. The van der Waals surface area contributed by atoms with E-state index in [1.807, 2.05) is 18.2 Å². The van der Waals surface area contributed by atoms with Crippen molar-refractivity contribution in [1.82, 2.24) is 0 Å². The van der Waals surface area contributed by atoms with Crippen molar-refractivity contribution >= 4 is 48.4 Å². The Morgan fingerprint density at radius 1 is 1.06 bits per heavy atom. The van der Waals surface area contributed by atoms with Crippen molar-refractivity contribution in [2.24, 2.45) is 0 Å². The van der Waals surface area contributed by atoms with Gasteiger partial charge in [0.25, 0.3) is 0 Å². The van der Waals surface area contributed by atoms with Gasteiger partial charge in [-0.1, -0.05) is 22.0 Å². The van der Waals surface area contributed by atoms with Gasteiger partial charge in [0.1, 0.15) is 0 Å². The van der Waals surface area contributed by atoms with E-state index in [0.717, 1.165) is 19.2 Å². The molecule has 1 aliphatic heterocycles. The molecule has 2 nitrogen and oxygen atoms in total. The molecule has 0 spiro atoms. The van der Waals surface area contributed by atoms with E-state index in [9.17, 15) is 8.42 Å². The molecule has 1 aliphatic rings. The predicted octanol–water partition coefficient (Wildman–Crippen LogP) is 3.87. The molecule has 0 fully saturated rings. The zero-order valence-corrected chi connectivity index (χ0v) is 13.0. The first-order valence-electron chi connectivity index (χ1n) is 4.85. The lowest BCUT2D eigenvalue weighted by Gasteiger charge is -2.01. The van der Waals surface area contributed by atoms with Crippen LogP contribution in [0.15, 0.2) is 50.7 Å². The minimum absolute atomic E-state index is 0.392. The number of fused-ring (bicyclic) bond motifs is 3. The number of benzene rings is 2. The number of hydrogen-bond acceptors (Lipinski definition) is 2. The van der Waals surface area contributed by atoms with E-state index in [1.54, 1.807) is 18.2 Å². The highest BCUT2D eigenvalue weighted by molar-refractivity contribution is 14.1. The molecule has 0 saturated heterocycles. The largest absolute Gasteiger partial charge is 0.218 e. The van der Waals surface area contributed by atoms with Crippen LogP contribution < -0.4 is 0 Å². The zero-order chi connectivity index (χ0) is 12.2. The normalized spacial score (nSPS) is 15.4. The van der Waals surface area contributed by atoms with Gasteiger partial charge < -0.3 is 0 Å². The second-order valence-corrected chi connectivity index (χ2v) is 7.74. The Morgan fingerprint density at radius 3 is 2.59 bits per heavy atom. The molecule has 0 aliphatic carbocycles. The first-order valence-corrected chi connectivity index (χ1v) is 8.21. The summed E-state index contributed by atoms with van der Waals surface area (Å²) in [6.07, 6.45) is 0. The second-order valence-electron chi connectivity index (χ2n) is 3.76. The average molecular weight is 421 g/mol. The smallest absolute Gasteiger partial charge is 0.207 e. The van der Waals surface area contributed by atoms with Crippen LogP contribution in [0.3, 0.4) is 0 Å². The van der Waals surface area contributed by atoms with Gasteiger partial charge in [-0.05, 0) is 52.9 Å². The molecular weight excluding hydrogens is 415 g/mol. The quantitative estimate of drug-likeness (QED) is 0.517. The Hall–Kier alpha value is -0.400. The summed E-state index contributed by atoms with van der Waals surface area (Å²) in [5.41, 5.74) is 1.57. The van der Waals surface area contributed by atoms with Crippen molar-refractivity contribution in [2.45, 2.75) is 9.79 Å². The third-order valence-electron chi connectivity index (χ3n) is 2.77. The van der Waals surface area contributed by atoms with Gasteiger partial charge in [0.05, 0.1) is 9.79 Å². The minimum Gasteiger partial charge on any atom is -0.218 e. The third kappa shape index (κ3) is 1.59. The Balaban J connectivity index is 2.53. The maximum Gasteiger partial charge on any atom is 0.207 e. The standard InChI is InChI=1S/C12H6BrIO2S/c13-9-2-1-3-11-12(9)8-6-7(14)4-5-10(8)17(11,15)16/h1-6H. The fraction of sp³-hybridized carbons (Fsp3) is 0. The second kappa shape index (κ2) is 3.80. The summed E-state index contributed by atoms with van der Waals surface area (Å²) in [6, 6.07) is 10.7. The van der Waals surface area contributed by atoms with Crippen molar-refractivity contribution in [3.63, 3.8) is 0 Å². The molecule has 2 aromatic rings. The SMILES string of the molecule is O=S1(=O)c2ccc(I)cc2-c2c(Br)cccc21. The zero-order valence-electron chi connectivity index (χ0n) is 8.44. The van der Waals surface area contributed by atoms with Gasteiger partial charge in [-0.3, -0.25) is 0 Å². The summed E-state index contributed by atoms with van der Waals surface area (Å²) >= 11 is 5.61. The molecule has 2 aromatic carbocycles. The molecular formula is C12H6BrIO2S. The van der Waals surface area contributed by atoms with Crippen LogP contribution in [0.25, 0.3) is 11.1 Å². The van der Waals surface area contributed by atoms with E-state index in [1.165, 1.54) is 0 Å². The number of rotatable bonds is 0. The molecule has 0 amide bonds. The number of sulfone groups is 1. The van der Waals surface area contributed by atoms with Crippen molar-refractivity contribution in [3.05, 3.63) is 44.4 Å². The maximum atomic E-state index is 12.3. The maximum absolute atomic E-state index is 12.3. The summed E-state index contributed by atoms with van der Waals surface area (Å²) in [4.78, 5) is 0.795. The van der Waals surface area contributed by atoms with Crippen LogP contribution in [0.5, 0.6) is 0 Å². The summed E-state index contributed by atoms with van der Waals surface area (Å²) < 4.78 is 26.5. The van der Waals surface area contributed by atoms with E-state index < -0.39 is 9.84 Å². The lowest BCUT2D eigenvalue weighted by molar-refractivity contribution is 0.598. The predicted molar refractivity (Wildman–Crippen MR) is 77.7 cm³/mol. The van der Waals surface area contributed by atoms with Crippen LogP contribution in [0.2, 0.25) is 0 Å². The van der Waals surface area contributed by atoms with Gasteiger partial charge in [-0.25, -0.2) is 8.42 Å². The van der Waals surface area contributed by atoms with Gasteiger partial charge in [0.15, 0.2) is 0 Å². The first kappa shape index (κ1) is 11.7. The van der Waals surface area contributed by atoms with Crippen LogP contribution in [-0.4, -0.2) is 8.42 Å². The Kier molecular flexibility index (Phi) is 2.61. The first-order chi connectivity index (χ1) is 8.01. The van der Waals surface area contributed by atoms with E-state index in [2.05, 4.69) is 38.5 Å². The van der Waals surface area contributed by atoms with E-state index in [4.69, 9.17) is 0 Å². The molecule has 0 atom stereocenters. The van der Waals surface area contributed by atoms with Crippen molar-refractivity contribution < 1.29 is 8.42 Å². The van der Waals surface area contributed by atoms with E-state index in [-0.39, 0.29) is 0 Å². The van der Waals surface area contributed by atoms with Crippen molar-refractivity contribution in [1.29, 1.82) is 0 Å². The molecule has 86 valence electrons. The lowest BCUT2D eigenvalue weighted by Crippen LogP contribution is -1.96. The van der Waals surface area contributed by atoms with Crippen LogP contribution in [0.1, 0.15) is 0 Å². The van der Waals surface area contributed by atoms with Crippen LogP contribution in [0.4, 0.5) is 0 Å². The van der Waals surface area contributed by atoms with Gasteiger partial charge in [-0.2, -0.15) is 0 Å². The Morgan fingerprint density at radius 2 is 1.82 bits per heavy atom. The highest BCUT2D eigenvalue weighted by atomic mass is 127. The molecule has 3 rings (SSSR count). The Labute approximate surface area is 121 Å². The molecule has 0 N–H and O–H groups in total. The highest BCUT2D eigenvalue weighted by Crippen LogP contribution is 2.46. The third-order valence-corrected chi connectivity index (χ3v) is 5.95. The van der Waals surface area contributed by atoms with Gasteiger partial charge in [0, 0.05) is 19.2 Å². The fourth-order valence-corrected chi connectivity index (χ4v) is 4.92. The Bertz CT molecular complexity index is 738. The van der Waals surface area contributed by atoms with Crippen molar-refractivity contribution in [3.8, 4) is 11.1 Å². The summed E-state index contributed by atoms with van der Waals surface area (Å²) in [6.45, 7) is 0. The van der Waals surface area contributed by atoms with Crippen LogP contribution in [0, 0.1) is 3.57 Å². The monoisotopic (exact) mass is 420 g/mol. The minimum atomic E-state index is -3.34. The van der Waals surface area contributed by atoms with Crippen LogP contribution in [-0.2, 0) is 9.84 Å². The molecule has 17 heavy (non-hydrogen) atoms. The molecule has 0 unspecified atom stereocenters. The topological polar surface area (TPSA) is 34.1 Å². The van der Waals surface area contributed by atoms with Gasteiger partial charge in [-0.15, -0.1) is 0 Å². The van der Waals surface area contributed by atoms with E-state index in [0.29, 0.717) is 9.79 Å². The fourth-order valence-electron chi connectivity index (χ4n) is 2.04. The molecule has 0 aromatic heterocycles. The van der Waals surface area contributed by atoms with Gasteiger partial charge >= 0.3 is 0 Å². The summed E-state index contributed by atoms with van der Waals surface area (Å²) in [5.74, 6) is 0. The average Bonchev–Trinajstić information content (AvgIpc) is 2.49. The highest BCUT2D eigenvalue weighted by Gasteiger charge is 2.33. The molecule has 0 bridgehead atoms. The lowest BCUT2D eigenvalue weighted by atomic mass is 10.1. The molecule has 0 saturated carbocycles. The van der Waals surface area contributed by atoms with Crippen LogP contribution >= 0.6 is 38.5 Å². The number of halogens is 2. The summed E-state index contributed by atoms with van der Waals surface area (Å²) in [7, 11) is -3.34. The van der Waals surface area contributed by atoms with E-state index >= 15 is 0 Å². The molecule has 0 radical (unpaired) electrons. The van der Waals surface area contributed by atoms with Crippen molar-refractivity contribution in [2.75, 3.05) is 0 Å². The molecule has 1 heterocycles.